The Kier molecular flexibility index (Phi) is 6.24. The molecule has 0 saturated carbocycles. The van der Waals surface area contributed by atoms with E-state index in [2.05, 4.69) is 19.1 Å². The van der Waals surface area contributed by atoms with E-state index in [0.29, 0.717) is 6.54 Å². The van der Waals surface area contributed by atoms with E-state index < -0.39 is 0 Å². The highest BCUT2D eigenvalue weighted by Gasteiger charge is 2.34. The smallest absolute Gasteiger partial charge is 0.246 e. The Morgan fingerprint density at radius 3 is 2.56 bits per heavy atom. The number of hydrogen-bond acceptors (Lipinski definition) is 3. The molecular formula is C22H27N3O2. The van der Waals surface area contributed by atoms with E-state index in [9.17, 15) is 9.59 Å². The number of nitrogens with two attached hydrogens (primary N) is 1. The zero-order valence-corrected chi connectivity index (χ0v) is 15.8. The molecule has 0 radical (unpaired) electrons. The Hall–Kier alpha value is -2.66. The number of amides is 2. The number of benzene rings is 2. The van der Waals surface area contributed by atoms with Crippen LogP contribution in [0, 0.1) is 0 Å². The van der Waals surface area contributed by atoms with Crippen LogP contribution >= 0.6 is 0 Å². The number of anilines is 1. The van der Waals surface area contributed by atoms with Crippen molar-refractivity contribution in [2.75, 3.05) is 24.5 Å². The van der Waals surface area contributed by atoms with Crippen LogP contribution in [0.25, 0.3) is 11.1 Å². The molecule has 0 aliphatic carbocycles. The predicted octanol–water partition coefficient (Wildman–Crippen LogP) is 3.05. The highest BCUT2D eigenvalue weighted by atomic mass is 16.2. The Morgan fingerprint density at radius 2 is 1.85 bits per heavy atom. The van der Waals surface area contributed by atoms with Gasteiger partial charge in [0.15, 0.2) is 0 Å². The summed E-state index contributed by atoms with van der Waals surface area (Å²) in [5.41, 5.74) is 8.62. The van der Waals surface area contributed by atoms with E-state index in [1.54, 1.807) is 4.90 Å². The second-order valence-corrected chi connectivity index (χ2v) is 6.94. The molecule has 2 N–H and O–H groups in total. The summed E-state index contributed by atoms with van der Waals surface area (Å²) in [5, 5.41) is 0. The molecule has 27 heavy (non-hydrogen) atoms. The van der Waals surface area contributed by atoms with Gasteiger partial charge in [-0.1, -0.05) is 62.2 Å². The van der Waals surface area contributed by atoms with E-state index in [4.69, 9.17) is 5.73 Å². The van der Waals surface area contributed by atoms with Gasteiger partial charge in [-0.2, -0.15) is 0 Å². The Morgan fingerprint density at radius 1 is 1.11 bits per heavy atom. The lowest BCUT2D eigenvalue weighted by Crippen LogP contribution is -2.59. The third-order valence-electron chi connectivity index (χ3n) is 5.09. The molecule has 3 rings (SSSR count). The standard InChI is InChI=1S/C22H27N3O2/c1-2-3-11-20-15-24(22(27)16-25(20)21(26)14-23)19-12-7-10-18(13-19)17-8-5-4-6-9-17/h4-10,12-13,20H,2-3,11,14-16,23H2,1H3/t20-/m0/s1. The van der Waals surface area contributed by atoms with Crippen molar-refractivity contribution in [2.24, 2.45) is 5.73 Å². The Labute approximate surface area is 160 Å². The molecule has 1 atom stereocenters. The van der Waals surface area contributed by atoms with Gasteiger partial charge in [0.05, 0.1) is 12.6 Å². The lowest BCUT2D eigenvalue weighted by Gasteiger charge is -2.41. The summed E-state index contributed by atoms with van der Waals surface area (Å²) in [6.07, 6.45) is 2.95. The van der Waals surface area contributed by atoms with Gasteiger partial charge in [-0.3, -0.25) is 9.59 Å². The van der Waals surface area contributed by atoms with Gasteiger partial charge in [0.25, 0.3) is 0 Å². The lowest BCUT2D eigenvalue weighted by molar-refractivity contribution is -0.138. The van der Waals surface area contributed by atoms with Gasteiger partial charge in [0.2, 0.25) is 11.8 Å². The zero-order valence-electron chi connectivity index (χ0n) is 15.8. The maximum absolute atomic E-state index is 12.8. The van der Waals surface area contributed by atoms with Crippen molar-refractivity contribution in [3.05, 3.63) is 54.6 Å². The number of piperazine rings is 1. The minimum atomic E-state index is -0.151. The lowest BCUT2D eigenvalue weighted by atomic mass is 10.0. The first-order chi connectivity index (χ1) is 13.1. The van der Waals surface area contributed by atoms with Crippen molar-refractivity contribution in [3.8, 4) is 11.1 Å². The molecule has 0 unspecified atom stereocenters. The van der Waals surface area contributed by atoms with Crippen LogP contribution in [0.1, 0.15) is 26.2 Å². The molecule has 1 aliphatic rings. The van der Waals surface area contributed by atoms with Crippen LogP contribution in [0.3, 0.4) is 0 Å². The van der Waals surface area contributed by atoms with Crippen molar-refractivity contribution in [2.45, 2.75) is 32.2 Å². The molecule has 0 bridgehead atoms. The second-order valence-electron chi connectivity index (χ2n) is 6.94. The number of carbonyl (C=O) groups excluding carboxylic acids is 2. The van der Waals surface area contributed by atoms with E-state index in [1.165, 1.54) is 0 Å². The average molecular weight is 365 g/mol. The van der Waals surface area contributed by atoms with E-state index in [-0.39, 0.29) is 30.9 Å². The highest BCUT2D eigenvalue weighted by molar-refractivity contribution is 5.98. The fourth-order valence-corrected chi connectivity index (χ4v) is 3.60. The molecular weight excluding hydrogens is 338 g/mol. The van der Waals surface area contributed by atoms with Gasteiger partial charge in [0, 0.05) is 12.2 Å². The number of rotatable bonds is 6. The molecule has 2 aromatic carbocycles. The van der Waals surface area contributed by atoms with Gasteiger partial charge in [0.1, 0.15) is 6.54 Å². The Balaban J connectivity index is 1.86. The molecule has 0 spiro atoms. The van der Waals surface area contributed by atoms with Crippen LogP contribution in [0.4, 0.5) is 5.69 Å². The van der Waals surface area contributed by atoms with Gasteiger partial charge in [-0.25, -0.2) is 0 Å². The summed E-state index contributed by atoms with van der Waals surface area (Å²) in [6, 6.07) is 18.2. The molecule has 1 saturated heterocycles. The third-order valence-corrected chi connectivity index (χ3v) is 5.09. The van der Waals surface area contributed by atoms with Crippen molar-refractivity contribution in [1.82, 2.24) is 4.90 Å². The molecule has 0 aromatic heterocycles. The second kappa shape index (κ2) is 8.82. The fraction of sp³-hybridized carbons (Fsp3) is 0.364. The molecule has 1 heterocycles. The van der Waals surface area contributed by atoms with E-state index >= 15 is 0 Å². The molecule has 2 aromatic rings. The molecule has 142 valence electrons. The monoisotopic (exact) mass is 365 g/mol. The van der Waals surface area contributed by atoms with Gasteiger partial charge in [-0.15, -0.1) is 0 Å². The quantitative estimate of drug-likeness (QED) is 0.856. The van der Waals surface area contributed by atoms with E-state index in [0.717, 1.165) is 36.1 Å². The summed E-state index contributed by atoms with van der Waals surface area (Å²) in [6.45, 7) is 2.69. The molecule has 5 nitrogen and oxygen atoms in total. The number of nitrogens with zero attached hydrogens (tertiary/aromatic N) is 2. The van der Waals surface area contributed by atoms with Crippen LogP contribution in [0.2, 0.25) is 0 Å². The fourth-order valence-electron chi connectivity index (χ4n) is 3.60. The molecule has 1 aliphatic heterocycles. The number of carbonyl (C=O) groups is 2. The zero-order chi connectivity index (χ0) is 19.2. The van der Waals surface area contributed by atoms with Crippen molar-refractivity contribution >= 4 is 17.5 Å². The van der Waals surface area contributed by atoms with Gasteiger partial charge in [-0.05, 0) is 29.7 Å². The van der Waals surface area contributed by atoms with Crippen LogP contribution < -0.4 is 10.6 Å². The maximum Gasteiger partial charge on any atom is 0.246 e. The first-order valence-electron chi connectivity index (χ1n) is 9.59. The van der Waals surface area contributed by atoms with Crippen LogP contribution in [0.15, 0.2) is 54.6 Å². The summed E-state index contributed by atoms with van der Waals surface area (Å²) >= 11 is 0. The average Bonchev–Trinajstić information content (AvgIpc) is 2.72. The summed E-state index contributed by atoms with van der Waals surface area (Å²) in [7, 11) is 0. The normalized spacial score (nSPS) is 17.3. The molecule has 1 fully saturated rings. The number of hydrogen-bond donors (Lipinski definition) is 1. The minimum Gasteiger partial charge on any atom is -0.327 e. The molecule has 2 amide bonds. The van der Waals surface area contributed by atoms with Gasteiger partial charge >= 0.3 is 0 Å². The largest absolute Gasteiger partial charge is 0.327 e. The maximum atomic E-state index is 12.8. The summed E-state index contributed by atoms with van der Waals surface area (Å²) in [5.74, 6) is -0.211. The van der Waals surface area contributed by atoms with Crippen molar-refractivity contribution in [1.29, 1.82) is 0 Å². The first kappa shape index (κ1) is 19.1. The van der Waals surface area contributed by atoms with Crippen molar-refractivity contribution in [3.63, 3.8) is 0 Å². The van der Waals surface area contributed by atoms with Crippen LogP contribution in [0.5, 0.6) is 0 Å². The van der Waals surface area contributed by atoms with Crippen molar-refractivity contribution < 1.29 is 9.59 Å². The summed E-state index contributed by atoms with van der Waals surface area (Å²) < 4.78 is 0. The minimum absolute atomic E-state index is 0.0130. The number of unbranched alkanes of at least 4 members (excludes halogenated alkanes) is 1. The van der Waals surface area contributed by atoms with Gasteiger partial charge < -0.3 is 15.5 Å². The third kappa shape index (κ3) is 4.37. The summed E-state index contributed by atoms with van der Waals surface area (Å²) in [4.78, 5) is 28.5. The topological polar surface area (TPSA) is 66.6 Å². The van der Waals surface area contributed by atoms with E-state index in [1.807, 2.05) is 47.4 Å². The Bertz CT molecular complexity index is 791. The first-order valence-corrected chi connectivity index (χ1v) is 9.59. The van der Waals surface area contributed by atoms with Crippen LogP contribution in [-0.2, 0) is 9.59 Å². The highest BCUT2D eigenvalue weighted by Crippen LogP contribution is 2.27. The SMILES string of the molecule is CCCC[C@H]1CN(c2cccc(-c3ccccc3)c2)C(=O)CN1C(=O)CN. The van der Waals surface area contributed by atoms with Crippen LogP contribution in [-0.4, -0.2) is 42.4 Å². The molecule has 5 heteroatoms. The predicted molar refractivity (Wildman–Crippen MR) is 108 cm³/mol.